The molecule has 1 atom stereocenters. The van der Waals surface area contributed by atoms with Gasteiger partial charge in [0.25, 0.3) is 5.91 Å². The summed E-state index contributed by atoms with van der Waals surface area (Å²) in [7, 11) is 1.28. The van der Waals surface area contributed by atoms with E-state index in [9.17, 15) is 14.4 Å². The minimum absolute atomic E-state index is 0.135. The van der Waals surface area contributed by atoms with Crippen molar-refractivity contribution < 1.29 is 23.9 Å². The number of carbonyl (C=O) groups is 3. The van der Waals surface area contributed by atoms with Crippen molar-refractivity contribution in [3.05, 3.63) is 51.3 Å². The van der Waals surface area contributed by atoms with Gasteiger partial charge in [0.2, 0.25) is 0 Å². The van der Waals surface area contributed by atoms with Gasteiger partial charge in [-0.2, -0.15) is 0 Å². The quantitative estimate of drug-likeness (QED) is 0.673. The smallest absolute Gasteiger partial charge is 0.355 e. The number of ether oxygens (including phenoxy) is 2. The standard InChI is InChI=1S/C19H21BrN2O5/c1-5-14-15(18(24)26-4)10(2)16(22-14)19(25)27-11(3)17(23)21-13-8-6-12(20)7-9-13/h6-9,11,22H,5H2,1-4H3,(H,21,23). The lowest BCUT2D eigenvalue weighted by molar-refractivity contribution is -0.123. The molecule has 2 aromatic rings. The highest BCUT2D eigenvalue weighted by Gasteiger charge is 2.27. The Morgan fingerprint density at radius 1 is 1.19 bits per heavy atom. The van der Waals surface area contributed by atoms with Gasteiger partial charge in [-0.05, 0) is 50.1 Å². The molecule has 1 amide bonds. The summed E-state index contributed by atoms with van der Waals surface area (Å²) in [5.41, 5.74) is 2.06. The van der Waals surface area contributed by atoms with Gasteiger partial charge >= 0.3 is 11.9 Å². The van der Waals surface area contributed by atoms with Crippen LogP contribution in [0.15, 0.2) is 28.7 Å². The van der Waals surface area contributed by atoms with Crippen molar-refractivity contribution in [2.24, 2.45) is 0 Å². The number of esters is 2. The van der Waals surface area contributed by atoms with E-state index in [0.717, 1.165) is 4.47 Å². The van der Waals surface area contributed by atoms with Crippen molar-refractivity contribution >= 4 is 39.5 Å². The third-order valence-electron chi connectivity index (χ3n) is 4.04. The van der Waals surface area contributed by atoms with E-state index >= 15 is 0 Å². The molecule has 0 aliphatic rings. The van der Waals surface area contributed by atoms with Gasteiger partial charge in [-0.3, -0.25) is 4.79 Å². The van der Waals surface area contributed by atoms with E-state index in [4.69, 9.17) is 9.47 Å². The number of anilines is 1. The molecule has 0 bridgehead atoms. The lowest BCUT2D eigenvalue weighted by Crippen LogP contribution is -2.30. The fourth-order valence-electron chi connectivity index (χ4n) is 2.56. The van der Waals surface area contributed by atoms with E-state index < -0.39 is 23.9 Å². The monoisotopic (exact) mass is 436 g/mol. The maximum absolute atomic E-state index is 12.5. The minimum atomic E-state index is -1.02. The molecular formula is C19H21BrN2O5. The Bertz CT molecular complexity index is 858. The molecule has 2 rings (SSSR count). The fraction of sp³-hybridized carbons (Fsp3) is 0.316. The van der Waals surface area contributed by atoms with Crippen LogP contribution >= 0.6 is 15.9 Å². The largest absolute Gasteiger partial charge is 0.465 e. The number of rotatable bonds is 6. The van der Waals surface area contributed by atoms with Gasteiger partial charge in [0.05, 0.1) is 12.7 Å². The second-order valence-corrected chi connectivity index (χ2v) is 6.78. The first-order chi connectivity index (χ1) is 12.8. The lowest BCUT2D eigenvalue weighted by atomic mass is 10.1. The molecule has 0 saturated heterocycles. The Kier molecular flexibility index (Phi) is 6.79. The molecule has 1 heterocycles. The first kappa shape index (κ1) is 20.7. The molecule has 144 valence electrons. The van der Waals surface area contributed by atoms with Crippen LogP contribution < -0.4 is 5.32 Å². The number of carbonyl (C=O) groups excluding carboxylic acids is 3. The van der Waals surface area contributed by atoms with Gasteiger partial charge in [0.15, 0.2) is 6.10 Å². The second-order valence-electron chi connectivity index (χ2n) is 5.87. The Hall–Kier alpha value is -2.61. The zero-order chi connectivity index (χ0) is 20.1. The molecule has 0 saturated carbocycles. The number of H-pyrrole nitrogens is 1. The van der Waals surface area contributed by atoms with Gasteiger partial charge in [-0.15, -0.1) is 0 Å². The van der Waals surface area contributed by atoms with Gasteiger partial charge in [-0.25, -0.2) is 9.59 Å². The zero-order valence-electron chi connectivity index (χ0n) is 15.5. The van der Waals surface area contributed by atoms with Crippen molar-refractivity contribution in [2.75, 3.05) is 12.4 Å². The van der Waals surface area contributed by atoms with Crippen molar-refractivity contribution in [1.82, 2.24) is 4.98 Å². The summed E-state index contributed by atoms with van der Waals surface area (Å²) in [6.07, 6.45) is -0.506. The molecule has 27 heavy (non-hydrogen) atoms. The Morgan fingerprint density at radius 3 is 2.37 bits per heavy atom. The van der Waals surface area contributed by atoms with Crippen LogP contribution in [0.25, 0.3) is 0 Å². The molecular weight excluding hydrogens is 416 g/mol. The van der Waals surface area contributed by atoms with E-state index in [1.54, 1.807) is 31.2 Å². The van der Waals surface area contributed by atoms with Crippen molar-refractivity contribution in [2.45, 2.75) is 33.3 Å². The van der Waals surface area contributed by atoms with E-state index in [-0.39, 0.29) is 5.69 Å². The first-order valence-electron chi connectivity index (χ1n) is 8.35. The molecule has 7 nitrogen and oxygen atoms in total. The normalized spacial score (nSPS) is 11.6. The van der Waals surface area contributed by atoms with Crippen LogP contribution in [0.1, 0.15) is 46.0 Å². The molecule has 0 aliphatic heterocycles. The summed E-state index contributed by atoms with van der Waals surface area (Å²) in [5, 5.41) is 2.67. The van der Waals surface area contributed by atoms with Crippen molar-refractivity contribution in [3.63, 3.8) is 0 Å². The van der Waals surface area contributed by atoms with Crippen LogP contribution in [-0.2, 0) is 20.7 Å². The number of hydrogen-bond acceptors (Lipinski definition) is 5. The molecule has 0 radical (unpaired) electrons. The highest BCUT2D eigenvalue weighted by atomic mass is 79.9. The Balaban J connectivity index is 2.12. The lowest BCUT2D eigenvalue weighted by Gasteiger charge is -2.13. The Morgan fingerprint density at radius 2 is 1.81 bits per heavy atom. The van der Waals surface area contributed by atoms with E-state index in [1.807, 2.05) is 6.92 Å². The zero-order valence-corrected chi connectivity index (χ0v) is 17.1. The van der Waals surface area contributed by atoms with Crippen LogP contribution in [-0.4, -0.2) is 36.0 Å². The average Bonchev–Trinajstić information content (AvgIpc) is 2.99. The van der Waals surface area contributed by atoms with Gasteiger partial charge < -0.3 is 19.8 Å². The number of hydrogen-bond donors (Lipinski definition) is 2. The highest BCUT2D eigenvalue weighted by Crippen LogP contribution is 2.21. The highest BCUT2D eigenvalue weighted by molar-refractivity contribution is 9.10. The van der Waals surface area contributed by atoms with Gasteiger partial charge in [0.1, 0.15) is 5.69 Å². The maximum Gasteiger partial charge on any atom is 0.355 e. The number of aromatic nitrogens is 1. The minimum Gasteiger partial charge on any atom is -0.465 e. The summed E-state index contributed by atoms with van der Waals surface area (Å²) in [6.45, 7) is 4.96. The third-order valence-corrected chi connectivity index (χ3v) is 4.57. The van der Waals surface area contributed by atoms with E-state index in [2.05, 4.69) is 26.2 Å². The molecule has 1 aromatic carbocycles. The third kappa shape index (κ3) is 4.77. The number of methoxy groups -OCH3 is 1. The summed E-state index contributed by atoms with van der Waals surface area (Å²) in [4.78, 5) is 39.6. The molecule has 8 heteroatoms. The van der Waals surface area contributed by atoms with Crippen LogP contribution in [0.3, 0.4) is 0 Å². The summed E-state index contributed by atoms with van der Waals surface area (Å²) in [5.74, 6) is -1.70. The predicted octanol–water partition coefficient (Wildman–Crippen LogP) is 3.62. The van der Waals surface area contributed by atoms with E-state index in [0.29, 0.717) is 28.9 Å². The van der Waals surface area contributed by atoms with Gasteiger partial charge in [0, 0.05) is 15.9 Å². The average molecular weight is 437 g/mol. The van der Waals surface area contributed by atoms with Crippen LogP contribution in [0.5, 0.6) is 0 Å². The van der Waals surface area contributed by atoms with E-state index in [1.165, 1.54) is 14.0 Å². The molecule has 1 unspecified atom stereocenters. The number of halogens is 1. The summed E-state index contributed by atoms with van der Waals surface area (Å²) < 4.78 is 10.9. The predicted molar refractivity (Wildman–Crippen MR) is 104 cm³/mol. The number of nitrogens with one attached hydrogen (secondary N) is 2. The van der Waals surface area contributed by atoms with Gasteiger partial charge in [-0.1, -0.05) is 22.9 Å². The molecule has 1 aromatic heterocycles. The number of aromatic amines is 1. The fourth-order valence-corrected chi connectivity index (χ4v) is 2.82. The molecule has 2 N–H and O–H groups in total. The number of aryl methyl sites for hydroxylation is 1. The molecule has 0 fully saturated rings. The maximum atomic E-state index is 12.5. The number of amides is 1. The summed E-state index contributed by atoms with van der Waals surface area (Å²) >= 11 is 3.32. The topological polar surface area (TPSA) is 97.5 Å². The first-order valence-corrected chi connectivity index (χ1v) is 9.14. The Labute approximate surface area is 165 Å². The number of benzene rings is 1. The summed E-state index contributed by atoms with van der Waals surface area (Å²) in [6, 6.07) is 7.02. The SMILES string of the molecule is CCc1[nH]c(C(=O)OC(C)C(=O)Nc2ccc(Br)cc2)c(C)c1C(=O)OC. The van der Waals surface area contributed by atoms with Crippen LogP contribution in [0, 0.1) is 6.92 Å². The van der Waals surface area contributed by atoms with Crippen LogP contribution in [0.4, 0.5) is 5.69 Å². The van der Waals surface area contributed by atoms with Crippen molar-refractivity contribution in [3.8, 4) is 0 Å². The molecule has 0 aliphatic carbocycles. The van der Waals surface area contributed by atoms with Crippen LogP contribution in [0.2, 0.25) is 0 Å². The second kappa shape index (κ2) is 8.85. The van der Waals surface area contributed by atoms with Crippen molar-refractivity contribution in [1.29, 1.82) is 0 Å². The molecule has 0 spiro atoms.